The number of ether oxygens (including phenoxy) is 2. The Kier molecular flexibility index (Phi) is 5.32. The van der Waals surface area contributed by atoms with Crippen LogP contribution in [0.1, 0.15) is 38.7 Å². The van der Waals surface area contributed by atoms with E-state index in [9.17, 15) is 19.5 Å². The van der Waals surface area contributed by atoms with Crippen LogP contribution in [-0.4, -0.2) is 42.3 Å². The van der Waals surface area contributed by atoms with Crippen LogP contribution in [0.4, 0.5) is 0 Å². The predicted molar refractivity (Wildman–Crippen MR) is 90.9 cm³/mol. The van der Waals surface area contributed by atoms with Gasteiger partial charge in [0.15, 0.2) is 11.5 Å². The molecule has 1 aliphatic carbocycles. The minimum atomic E-state index is -1.51. The van der Waals surface area contributed by atoms with Gasteiger partial charge in [0.05, 0.1) is 31.7 Å². The van der Waals surface area contributed by atoms with Crippen molar-refractivity contribution in [2.24, 2.45) is 11.8 Å². The van der Waals surface area contributed by atoms with E-state index in [1.54, 1.807) is 18.2 Å². The fourth-order valence-electron chi connectivity index (χ4n) is 3.97. The first-order chi connectivity index (χ1) is 11.6. The van der Waals surface area contributed by atoms with Crippen LogP contribution in [0.5, 0.6) is 11.5 Å². The summed E-state index contributed by atoms with van der Waals surface area (Å²) in [6.07, 6.45) is -0.217. The predicted octanol–water partition coefficient (Wildman–Crippen LogP) is 1.92. The highest BCUT2D eigenvalue weighted by Crippen LogP contribution is 2.47. The van der Waals surface area contributed by atoms with Crippen molar-refractivity contribution in [3.05, 3.63) is 23.8 Å². The molecule has 0 spiro atoms. The van der Waals surface area contributed by atoms with Crippen molar-refractivity contribution in [3.63, 3.8) is 0 Å². The molecular formula is C19H24O6. The SMILES string of the molecule is COc1ccc([C@H]2[C@@H](C(C)=O)C(=O)C[C@@](C)(O)[C@@H]2C(C)=O)cc1OC. The zero-order valence-corrected chi connectivity index (χ0v) is 15.2. The van der Waals surface area contributed by atoms with E-state index in [1.807, 2.05) is 0 Å². The maximum atomic E-state index is 12.5. The van der Waals surface area contributed by atoms with Crippen LogP contribution in [0.15, 0.2) is 18.2 Å². The van der Waals surface area contributed by atoms with E-state index in [0.29, 0.717) is 17.1 Å². The first-order valence-electron chi connectivity index (χ1n) is 8.12. The van der Waals surface area contributed by atoms with Gasteiger partial charge in [-0.15, -0.1) is 0 Å². The van der Waals surface area contributed by atoms with Gasteiger partial charge in [-0.1, -0.05) is 6.07 Å². The molecule has 0 aromatic heterocycles. The van der Waals surface area contributed by atoms with Gasteiger partial charge in [0.2, 0.25) is 0 Å². The Bertz CT molecular complexity index is 706. The number of carbonyl (C=O) groups is 3. The molecule has 1 aromatic carbocycles. The molecule has 6 heteroatoms. The summed E-state index contributed by atoms with van der Waals surface area (Å²) in [6, 6.07) is 5.02. The Morgan fingerprint density at radius 3 is 2.20 bits per heavy atom. The van der Waals surface area contributed by atoms with Gasteiger partial charge in [-0.05, 0) is 38.5 Å². The fraction of sp³-hybridized carbons (Fsp3) is 0.526. The number of hydrogen-bond donors (Lipinski definition) is 1. The van der Waals surface area contributed by atoms with E-state index in [2.05, 4.69) is 0 Å². The van der Waals surface area contributed by atoms with Gasteiger partial charge in [-0.2, -0.15) is 0 Å². The van der Waals surface area contributed by atoms with E-state index in [0.717, 1.165) is 0 Å². The third-order valence-corrected chi connectivity index (χ3v) is 4.94. The lowest BCUT2D eigenvalue weighted by atomic mass is 9.60. The van der Waals surface area contributed by atoms with Crippen molar-refractivity contribution in [3.8, 4) is 11.5 Å². The number of ketones is 3. The van der Waals surface area contributed by atoms with Crippen molar-refractivity contribution in [1.29, 1.82) is 0 Å². The number of aliphatic hydroxyl groups is 1. The molecule has 25 heavy (non-hydrogen) atoms. The van der Waals surface area contributed by atoms with Crippen LogP contribution in [0.3, 0.4) is 0 Å². The molecule has 1 aliphatic rings. The van der Waals surface area contributed by atoms with E-state index >= 15 is 0 Å². The lowest BCUT2D eigenvalue weighted by Gasteiger charge is -2.44. The van der Waals surface area contributed by atoms with Gasteiger partial charge >= 0.3 is 0 Å². The molecule has 1 saturated carbocycles. The van der Waals surface area contributed by atoms with Gasteiger partial charge < -0.3 is 14.6 Å². The van der Waals surface area contributed by atoms with Crippen LogP contribution < -0.4 is 9.47 Å². The minimum Gasteiger partial charge on any atom is -0.493 e. The number of rotatable bonds is 5. The Balaban J connectivity index is 2.66. The Morgan fingerprint density at radius 2 is 1.72 bits per heavy atom. The molecule has 0 saturated heterocycles. The van der Waals surface area contributed by atoms with Crippen LogP contribution >= 0.6 is 0 Å². The minimum absolute atomic E-state index is 0.217. The molecule has 0 heterocycles. The molecule has 0 amide bonds. The monoisotopic (exact) mass is 348 g/mol. The average Bonchev–Trinajstić information content (AvgIpc) is 2.51. The molecule has 0 radical (unpaired) electrons. The molecule has 0 unspecified atom stereocenters. The molecule has 1 fully saturated rings. The summed E-state index contributed by atoms with van der Waals surface area (Å²) in [7, 11) is 2.98. The Morgan fingerprint density at radius 1 is 1.12 bits per heavy atom. The van der Waals surface area contributed by atoms with Crippen molar-refractivity contribution in [1.82, 2.24) is 0 Å². The van der Waals surface area contributed by atoms with Crippen LogP contribution in [0, 0.1) is 11.8 Å². The normalized spacial score (nSPS) is 29.2. The summed E-state index contributed by atoms with van der Waals surface area (Å²) in [4.78, 5) is 37.0. The molecule has 0 bridgehead atoms. The molecule has 1 N–H and O–H groups in total. The van der Waals surface area contributed by atoms with Gasteiger partial charge in [0, 0.05) is 12.3 Å². The third-order valence-electron chi connectivity index (χ3n) is 4.94. The number of Topliss-reactive ketones (excluding diaryl/α,β-unsaturated/α-hetero) is 3. The summed E-state index contributed by atoms with van der Waals surface area (Å²) in [5, 5.41) is 10.7. The average molecular weight is 348 g/mol. The molecule has 6 nitrogen and oxygen atoms in total. The second-order valence-electron chi connectivity index (χ2n) is 6.82. The van der Waals surface area contributed by atoms with E-state index in [-0.39, 0.29) is 23.8 Å². The number of benzene rings is 1. The zero-order valence-electron chi connectivity index (χ0n) is 15.2. The van der Waals surface area contributed by atoms with E-state index in [1.165, 1.54) is 35.0 Å². The molecule has 136 valence electrons. The first kappa shape index (κ1) is 19.1. The largest absolute Gasteiger partial charge is 0.493 e. The topological polar surface area (TPSA) is 89.9 Å². The Labute approximate surface area is 147 Å². The van der Waals surface area contributed by atoms with Crippen LogP contribution in [-0.2, 0) is 14.4 Å². The summed E-state index contributed by atoms with van der Waals surface area (Å²) >= 11 is 0. The highest BCUT2D eigenvalue weighted by atomic mass is 16.5. The molecule has 0 aliphatic heterocycles. The van der Waals surface area contributed by atoms with Gasteiger partial charge in [-0.3, -0.25) is 14.4 Å². The van der Waals surface area contributed by atoms with E-state index < -0.39 is 23.4 Å². The molecule has 4 atom stereocenters. The van der Waals surface area contributed by atoms with Crippen LogP contribution in [0.25, 0.3) is 0 Å². The zero-order chi connectivity index (χ0) is 18.9. The van der Waals surface area contributed by atoms with Crippen molar-refractivity contribution in [2.45, 2.75) is 38.7 Å². The lowest BCUT2D eigenvalue weighted by molar-refractivity contribution is -0.151. The third kappa shape index (κ3) is 3.44. The highest BCUT2D eigenvalue weighted by molar-refractivity contribution is 6.05. The van der Waals surface area contributed by atoms with E-state index in [4.69, 9.17) is 9.47 Å². The maximum absolute atomic E-state index is 12.5. The molecule has 2 rings (SSSR count). The van der Waals surface area contributed by atoms with Crippen LogP contribution in [0.2, 0.25) is 0 Å². The molecule has 1 aromatic rings. The lowest BCUT2D eigenvalue weighted by Crippen LogP contribution is -2.53. The first-order valence-corrected chi connectivity index (χ1v) is 8.12. The summed E-state index contributed by atoms with van der Waals surface area (Å²) in [5.41, 5.74) is -0.918. The van der Waals surface area contributed by atoms with Crippen molar-refractivity contribution >= 4 is 17.3 Å². The number of methoxy groups -OCH3 is 2. The number of carbonyl (C=O) groups excluding carboxylic acids is 3. The van der Waals surface area contributed by atoms with Gasteiger partial charge in [-0.25, -0.2) is 0 Å². The van der Waals surface area contributed by atoms with Gasteiger partial charge in [0.1, 0.15) is 17.3 Å². The maximum Gasteiger partial charge on any atom is 0.160 e. The van der Waals surface area contributed by atoms with Crippen molar-refractivity contribution in [2.75, 3.05) is 14.2 Å². The second kappa shape index (κ2) is 6.96. The van der Waals surface area contributed by atoms with Crippen molar-refractivity contribution < 1.29 is 29.0 Å². The fourth-order valence-corrected chi connectivity index (χ4v) is 3.97. The second-order valence-corrected chi connectivity index (χ2v) is 6.82. The Hall–Kier alpha value is -2.21. The highest BCUT2D eigenvalue weighted by Gasteiger charge is 2.53. The summed E-state index contributed by atoms with van der Waals surface area (Å²) in [6.45, 7) is 4.19. The smallest absolute Gasteiger partial charge is 0.160 e. The quantitative estimate of drug-likeness (QED) is 0.818. The molecular weight excluding hydrogens is 324 g/mol. The van der Waals surface area contributed by atoms with Gasteiger partial charge in [0.25, 0.3) is 0 Å². The number of hydrogen-bond acceptors (Lipinski definition) is 6. The summed E-state index contributed by atoms with van der Waals surface area (Å²) < 4.78 is 10.5. The standard InChI is InChI=1S/C19H24O6/c1-10(20)16-13(22)9-19(3,23)18(11(2)21)17(16)12-6-7-14(24-4)15(8-12)25-5/h6-8,16-18,23H,9H2,1-5H3/t16-,17-,18+,19+/m0/s1. The summed E-state index contributed by atoms with van der Waals surface area (Å²) in [5.74, 6) is -2.57.